The zero-order valence-corrected chi connectivity index (χ0v) is 13.6. The molecule has 0 saturated carbocycles. The molecule has 0 aromatic carbocycles. The lowest BCUT2D eigenvalue weighted by Crippen LogP contribution is -2.39. The van der Waals surface area contributed by atoms with Crippen molar-refractivity contribution in [2.45, 2.75) is 32.7 Å². The summed E-state index contributed by atoms with van der Waals surface area (Å²) in [5.41, 5.74) is 0. The largest absolute Gasteiger partial charge is 0.433 e. The Hall–Kier alpha value is -2.64. The van der Waals surface area contributed by atoms with Crippen molar-refractivity contribution < 1.29 is 14.1 Å². The number of carbonyl (C=O) groups excluding carboxylic acids is 1. The number of hydrogen-bond acceptors (Lipinski definition) is 5. The van der Waals surface area contributed by atoms with Crippen LogP contribution in [0.3, 0.4) is 0 Å². The minimum absolute atomic E-state index is 0.0306. The fraction of sp³-hybridized carbons (Fsp3) is 0.500. The molecule has 0 spiro atoms. The number of furan rings is 1. The molecule has 128 valence electrons. The number of imidazole rings is 1. The van der Waals surface area contributed by atoms with E-state index in [9.17, 15) is 14.9 Å². The molecule has 8 nitrogen and oxygen atoms in total. The number of piperidine rings is 1. The van der Waals surface area contributed by atoms with Gasteiger partial charge in [-0.1, -0.05) is 6.92 Å². The van der Waals surface area contributed by atoms with Gasteiger partial charge in [-0.3, -0.25) is 14.9 Å². The van der Waals surface area contributed by atoms with Crippen LogP contribution in [0.25, 0.3) is 0 Å². The highest BCUT2D eigenvalue weighted by atomic mass is 16.6. The number of rotatable bonds is 5. The number of carbonyl (C=O) groups is 1. The van der Waals surface area contributed by atoms with Crippen LogP contribution in [0.4, 0.5) is 5.88 Å². The Kier molecular flexibility index (Phi) is 4.64. The van der Waals surface area contributed by atoms with Crippen molar-refractivity contribution in [1.29, 1.82) is 0 Å². The second-order valence-corrected chi connectivity index (χ2v) is 5.98. The molecular weight excluding hydrogens is 312 g/mol. The van der Waals surface area contributed by atoms with Crippen molar-refractivity contribution in [2.75, 3.05) is 13.1 Å². The van der Waals surface area contributed by atoms with E-state index >= 15 is 0 Å². The van der Waals surface area contributed by atoms with Crippen LogP contribution in [0.5, 0.6) is 0 Å². The summed E-state index contributed by atoms with van der Waals surface area (Å²) in [5, 5.41) is 10.6. The van der Waals surface area contributed by atoms with E-state index in [1.807, 2.05) is 12.4 Å². The predicted octanol–water partition coefficient (Wildman–Crippen LogP) is 2.50. The molecule has 1 amide bonds. The van der Waals surface area contributed by atoms with Crippen LogP contribution in [0.15, 0.2) is 28.9 Å². The fourth-order valence-corrected chi connectivity index (χ4v) is 3.11. The summed E-state index contributed by atoms with van der Waals surface area (Å²) in [6.45, 7) is 4.27. The maximum Gasteiger partial charge on any atom is 0.433 e. The summed E-state index contributed by atoms with van der Waals surface area (Å²) in [4.78, 5) is 28.4. The molecule has 0 aliphatic carbocycles. The maximum atomic E-state index is 12.4. The first-order valence-electron chi connectivity index (χ1n) is 8.12. The van der Waals surface area contributed by atoms with Crippen molar-refractivity contribution in [2.24, 2.45) is 5.92 Å². The Morgan fingerprint density at radius 1 is 1.42 bits per heavy atom. The molecule has 1 aliphatic rings. The smallest absolute Gasteiger partial charge is 0.395 e. The monoisotopic (exact) mass is 332 g/mol. The highest BCUT2D eigenvalue weighted by Crippen LogP contribution is 2.23. The first-order valence-corrected chi connectivity index (χ1v) is 8.12. The Bertz CT molecular complexity index is 728. The lowest BCUT2D eigenvalue weighted by Gasteiger charge is -2.31. The Morgan fingerprint density at radius 2 is 2.17 bits per heavy atom. The van der Waals surface area contributed by atoms with Crippen molar-refractivity contribution in [3.63, 3.8) is 0 Å². The molecule has 3 heterocycles. The van der Waals surface area contributed by atoms with Gasteiger partial charge in [0.15, 0.2) is 5.76 Å². The van der Waals surface area contributed by atoms with Gasteiger partial charge in [0, 0.05) is 38.4 Å². The van der Waals surface area contributed by atoms with Crippen LogP contribution in [-0.4, -0.2) is 38.4 Å². The maximum absolute atomic E-state index is 12.4. The number of nitro groups is 1. The summed E-state index contributed by atoms with van der Waals surface area (Å²) < 4.78 is 7.18. The third-order valence-corrected chi connectivity index (χ3v) is 4.46. The van der Waals surface area contributed by atoms with E-state index < -0.39 is 10.8 Å². The number of likely N-dealkylation sites (tertiary alicyclic amines) is 1. The quantitative estimate of drug-likeness (QED) is 0.619. The van der Waals surface area contributed by atoms with E-state index in [1.54, 1.807) is 4.90 Å². The summed E-state index contributed by atoms with van der Waals surface area (Å²) >= 11 is 0. The van der Waals surface area contributed by atoms with Crippen molar-refractivity contribution >= 4 is 11.8 Å². The minimum atomic E-state index is -0.639. The SMILES string of the molecule is CCc1nccn1CC1CCN(C(=O)c2ccc([N+](=O)[O-])o2)CC1. The first-order chi connectivity index (χ1) is 11.6. The van der Waals surface area contributed by atoms with Gasteiger partial charge in [-0.2, -0.15) is 0 Å². The number of amides is 1. The van der Waals surface area contributed by atoms with Gasteiger partial charge in [-0.25, -0.2) is 4.98 Å². The average molecular weight is 332 g/mol. The standard InChI is InChI=1S/C16H20N4O4/c1-2-14-17-7-10-19(14)11-12-5-8-18(9-6-12)16(21)13-3-4-15(24-13)20(22)23/h3-4,7,10,12H,2,5-6,8-9,11H2,1H3. The van der Waals surface area contributed by atoms with Gasteiger partial charge in [0.25, 0.3) is 5.91 Å². The Labute approximate surface area is 139 Å². The van der Waals surface area contributed by atoms with Gasteiger partial charge in [-0.15, -0.1) is 0 Å². The van der Waals surface area contributed by atoms with E-state index in [2.05, 4.69) is 16.5 Å². The molecule has 2 aromatic rings. The van der Waals surface area contributed by atoms with Crippen LogP contribution in [-0.2, 0) is 13.0 Å². The minimum Gasteiger partial charge on any atom is -0.395 e. The Morgan fingerprint density at radius 3 is 2.79 bits per heavy atom. The van der Waals surface area contributed by atoms with E-state index in [-0.39, 0.29) is 11.7 Å². The molecule has 0 N–H and O–H groups in total. The van der Waals surface area contributed by atoms with Crippen LogP contribution in [0, 0.1) is 16.0 Å². The molecule has 2 aromatic heterocycles. The zero-order chi connectivity index (χ0) is 17.1. The van der Waals surface area contributed by atoms with Crippen molar-refractivity contribution in [3.05, 3.63) is 46.2 Å². The number of aromatic nitrogens is 2. The average Bonchev–Trinajstić information content (AvgIpc) is 3.24. The van der Waals surface area contributed by atoms with Gasteiger partial charge in [-0.05, 0) is 24.8 Å². The van der Waals surface area contributed by atoms with Crippen molar-refractivity contribution in [1.82, 2.24) is 14.5 Å². The summed E-state index contributed by atoms with van der Waals surface area (Å²) in [6.07, 6.45) is 6.52. The third-order valence-electron chi connectivity index (χ3n) is 4.46. The van der Waals surface area contributed by atoms with E-state index in [0.29, 0.717) is 19.0 Å². The van der Waals surface area contributed by atoms with E-state index in [4.69, 9.17) is 4.42 Å². The first kappa shape index (κ1) is 16.2. The molecule has 3 rings (SSSR count). The molecule has 0 bridgehead atoms. The van der Waals surface area contributed by atoms with Crippen LogP contribution >= 0.6 is 0 Å². The van der Waals surface area contributed by atoms with Gasteiger partial charge >= 0.3 is 5.88 Å². The molecular formula is C16H20N4O4. The molecule has 0 radical (unpaired) electrons. The topological polar surface area (TPSA) is 94.4 Å². The molecule has 24 heavy (non-hydrogen) atoms. The predicted molar refractivity (Wildman–Crippen MR) is 85.6 cm³/mol. The number of nitrogens with zero attached hydrogens (tertiary/aromatic N) is 4. The zero-order valence-electron chi connectivity index (χ0n) is 13.6. The van der Waals surface area contributed by atoms with Gasteiger partial charge in [0.1, 0.15) is 10.7 Å². The number of aryl methyl sites for hydroxylation is 1. The molecule has 0 unspecified atom stereocenters. The highest BCUT2D eigenvalue weighted by molar-refractivity contribution is 5.91. The molecule has 0 atom stereocenters. The molecule has 1 fully saturated rings. The third kappa shape index (κ3) is 3.32. The Balaban J connectivity index is 1.56. The van der Waals surface area contributed by atoms with Crippen molar-refractivity contribution in [3.8, 4) is 0 Å². The van der Waals surface area contributed by atoms with Crippen LogP contribution in [0.2, 0.25) is 0 Å². The molecule has 8 heteroatoms. The van der Waals surface area contributed by atoms with E-state index in [0.717, 1.165) is 31.6 Å². The lowest BCUT2D eigenvalue weighted by atomic mass is 9.96. The van der Waals surface area contributed by atoms with Gasteiger partial charge in [0.2, 0.25) is 0 Å². The van der Waals surface area contributed by atoms with Gasteiger partial charge in [0.05, 0.1) is 6.07 Å². The summed E-state index contributed by atoms with van der Waals surface area (Å²) in [5.74, 6) is 0.929. The molecule has 1 aliphatic heterocycles. The summed E-state index contributed by atoms with van der Waals surface area (Å²) in [6, 6.07) is 2.58. The van der Waals surface area contributed by atoms with Crippen LogP contribution < -0.4 is 0 Å². The second-order valence-electron chi connectivity index (χ2n) is 5.98. The highest BCUT2D eigenvalue weighted by Gasteiger charge is 2.27. The summed E-state index contributed by atoms with van der Waals surface area (Å²) in [7, 11) is 0. The van der Waals surface area contributed by atoms with E-state index in [1.165, 1.54) is 12.1 Å². The second kappa shape index (κ2) is 6.86. The molecule has 1 saturated heterocycles. The lowest BCUT2D eigenvalue weighted by molar-refractivity contribution is -0.402. The van der Waals surface area contributed by atoms with Gasteiger partial charge < -0.3 is 13.9 Å². The number of hydrogen-bond donors (Lipinski definition) is 0. The van der Waals surface area contributed by atoms with Crippen LogP contribution in [0.1, 0.15) is 36.1 Å². The fourth-order valence-electron chi connectivity index (χ4n) is 3.11. The normalized spacial score (nSPS) is 15.6.